The lowest BCUT2D eigenvalue weighted by atomic mass is 10.0. The van der Waals surface area contributed by atoms with Crippen molar-refractivity contribution in [2.75, 3.05) is 46.5 Å². The maximum atomic E-state index is 12.7. The highest BCUT2D eigenvalue weighted by atomic mass is 16.5. The van der Waals surface area contributed by atoms with Crippen LogP contribution in [-0.2, 0) is 11.3 Å². The molecule has 2 heterocycles. The number of phenols is 1. The predicted octanol–water partition coefficient (Wildman–Crippen LogP) is 1.80. The molecule has 1 aromatic carbocycles. The molecule has 2 aliphatic rings. The Morgan fingerprint density at radius 1 is 1.31 bits per heavy atom. The zero-order chi connectivity index (χ0) is 18.4. The molecule has 2 amide bonds. The molecule has 2 fully saturated rings. The quantitative estimate of drug-likeness (QED) is 0.834. The van der Waals surface area contributed by atoms with Crippen molar-refractivity contribution in [2.45, 2.75) is 31.8 Å². The Balaban J connectivity index is 1.56. The first-order valence-corrected chi connectivity index (χ1v) is 9.38. The summed E-state index contributed by atoms with van der Waals surface area (Å²) < 4.78 is 10.5. The number of nitrogens with one attached hydrogen (secondary N) is 1. The number of phenolic OH excluding ortho intramolecular Hbond substituents is 1. The number of urea groups is 1. The van der Waals surface area contributed by atoms with E-state index in [1.54, 1.807) is 18.2 Å². The van der Waals surface area contributed by atoms with Crippen LogP contribution in [0.3, 0.4) is 0 Å². The first kappa shape index (κ1) is 18.8. The van der Waals surface area contributed by atoms with Crippen LogP contribution >= 0.6 is 0 Å². The Hall–Kier alpha value is -1.99. The van der Waals surface area contributed by atoms with Crippen LogP contribution < -0.4 is 10.1 Å². The van der Waals surface area contributed by atoms with Crippen molar-refractivity contribution in [3.8, 4) is 11.5 Å². The van der Waals surface area contributed by atoms with Crippen molar-refractivity contribution in [2.24, 2.45) is 0 Å². The van der Waals surface area contributed by atoms with E-state index in [-0.39, 0.29) is 17.8 Å². The van der Waals surface area contributed by atoms with E-state index in [4.69, 9.17) is 9.47 Å². The van der Waals surface area contributed by atoms with Gasteiger partial charge >= 0.3 is 6.03 Å². The second-order valence-corrected chi connectivity index (χ2v) is 6.92. The van der Waals surface area contributed by atoms with E-state index in [9.17, 15) is 9.90 Å². The fraction of sp³-hybridized carbons (Fsp3) is 0.632. The van der Waals surface area contributed by atoms with Crippen LogP contribution in [-0.4, -0.2) is 73.5 Å². The molecular formula is C19H29N3O4. The molecule has 0 bridgehead atoms. The number of amides is 2. The highest BCUT2D eigenvalue weighted by Gasteiger charge is 2.28. The number of likely N-dealkylation sites (tertiary alicyclic amines) is 1. The molecule has 7 heteroatoms. The molecule has 26 heavy (non-hydrogen) atoms. The third-order valence-electron chi connectivity index (χ3n) is 5.15. The van der Waals surface area contributed by atoms with E-state index in [2.05, 4.69) is 10.2 Å². The maximum absolute atomic E-state index is 12.7. The molecule has 2 aliphatic heterocycles. The maximum Gasteiger partial charge on any atom is 0.317 e. The number of methoxy groups -OCH3 is 1. The molecule has 1 aromatic rings. The molecule has 1 atom stereocenters. The largest absolute Gasteiger partial charge is 0.504 e. The molecule has 0 unspecified atom stereocenters. The summed E-state index contributed by atoms with van der Waals surface area (Å²) in [5.41, 5.74) is 0.898. The van der Waals surface area contributed by atoms with Crippen molar-refractivity contribution in [3.05, 3.63) is 23.8 Å². The van der Waals surface area contributed by atoms with Crippen LogP contribution in [0, 0.1) is 0 Å². The number of carbonyl (C=O) groups is 1. The van der Waals surface area contributed by atoms with Crippen LogP contribution in [0.1, 0.15) is 24.8 Å². The lowest BCUT2D eigenvalue weighted by Crippen LogP contribution is -2.53. The van der Waals surface area contributed by atoms with Crippen molar-refractivity contribution in [1.29, 1.82) is 0 Å². The van der Waals surface area contributed by atoms with Crippen molar-refractivity contribution < 1.29 is 19.4 Å². The Kier molecular flexibility index (Phi) is 6.57. The molecule has 0 saturated carbocycles. The van der Waals surface area contributed by atoms with Crippen LogP contribution in [0.15, 0.2) is 18.2 Å². The van der Waals surface area contributed by atoms with Gasteiger partial charge in [-0.3, -0.25) is 4.90 Å². The third kappa shape index (κ3) is 4.80. The lowest BCUT2D eigenvalue weighted by Gasteiger charge is -2.39. The van der Waals surface area contributed by atoms with Crippen LogP contribution in [0.4, 0.5) is 4.79 Å². The van der Waals surface area contributed by atoms with Crippen LogP contribution in [0.5, 0.6) is 11.5 Å². The minimum absolute atomic E-state index is 0.0185. The van der Waals surface area contributed by atoms with Gasteiger partial charge in [-0.15, -0.1) is 0 Å². The van der Waals surface area contributed by atoms with E-state index in [1.165, 1.54) is 13.5 Å². The number of nitrogens with zero attached hydrogens (tertiary/aromatic N) is 2. The van der Waals surface area contributed by atoms with E-state index in [0.29, 0.717) is 12.3 Å². The molecule has 0 aliphatic carbocycles. The van der Waals surface area contributed by atoms with Gasteiger partial charge in [0.2, 0.25) is 0 Å². The number of piperidine rings is 1. The SMILES string of the molecule is COc1cc(CNC(=O)N2CCCC[C@@H]2CN2CCOCC2)ccc1O. The van der Waals surface area contributed by atoms with Gasteiger partial charge in [0, 0.05) is 38.8 Å². The summed E-state index contributed by atoms with van der Waals surface area (Å²) in [6.07, 6.45) is 3.28. The number of ether oxygens (including phenoxy) is 2. The van der Waals surface area contributed by atoms with Gasteiger partial charge < -0.3 is 24.8 Å². The molecule has 2 N–H and O–H groups in total. The average molecular weight is 363 g/mol. The van der Waals surface area contributed by atoms with Gasteiger partial charge in [0.1, 0.15) is 0 Å². The number of hydrogen-bond acceptors (Lipinski definition) is 5. The molecule has 0 aromatic heterocycles. The summed E-state index contributed by atoms with van der Waals surface area (Å²) >= 11 is 0. The number of rotatable bonds is 5. The van der Waals surface area contributed by atoms with Gasteiger partial charge in [-0.2, -0.15) is 0 Å². The average Bonchev–Trinajstić information content (AvgIpc) is 2.68. The predicted molar refractivity (Wildman–Crippen MR) is 98.5 cm³/mol. The summed E-state index contributed by atoms with van der Waals surface area (Å²) in [6, 6.07) is 5.37. The zero-order valence-electron chi connectivity index (χ0n) is 15.4. The van der Waals surface area contributed by atoms with Gasteiger partial charge in [0.15, 0.2) is 11.5 Å². The lowest BCUT2D eigenvalue weighted by molar-refractivity contribution is 0.0221. The van der Waals surface area contributed by atoms with Gasteiger partial charge in [0.05, 0.1) is 20.3 Å². The zero-order valence-corrected chi connectivity index (χ0v) is 15.4. The summed E-state index contributed by atoms with van der Waals surface area (Å²) in [5.74, 6) is 0.518. The van der Waals surface area contributed by atoms with Crippen molar-refractivity contribution >= 4 is 6.03 Å². The van der Waals surface area contributed by atoms with Crippen molar-refractivity contribution in [3.63, 3.8) is 0 Å². The van der Waals surface area contributed by atoms with Gasteiger partial charge in [-0.25, -0.2) is 4.79 Å². The fourth-order valence-corrected chi connectivity index (χ4v) is 3.65. The number of benzene rings is 1. The highest BCUT2D eigenvalue weighted by Crippen LogP contribution is 2.26. The molecule has 144 valence electrons. The second kappa shape index (κ2) is 9.09. The number of aromatic hydroxyl groups is 1. The normalized spacial score (nSPS) is 21.4. The first-order chi connectivity index (χ1) is 12.7. The summed E-state index contributed by atoms with van der Waals surface area (Å²) in [6.45, 7) is 5.58. The molecular weight excluding hydrogens is 334 g/mol. The summed E-state index contributed by atoms with van der Waals surface area (Å²) in [4.78, 5) is 17.1. The molecule has 0 spiro atoms. The van der Waals surface area contributed by atoms with E-state index in [0.717, 1.165) is 57.8 Å². The van der Waals surface area contributed by atoms with Crippen LogP contribution in [0.25, 0.3) is 0 Å². The molecule has 0 radical (unpaired) electrons. The van der Waals surface area contributed by atoms with Gasteiger partial charge in [-0.05, 0) is 37.0 Å². The molecule has 2 saturated heterocycles. The Morgan fingerprint density at radius 3 is 2.88 bits per heavy atom. The van der Waals surface area contributed by atoms with E-state index in [1.807, 2.05) is 4.90 Å². The monoisotopic (exact) mass is 363 g/mol. The molecule has 7 nitrogen and oxygen atoms in total. The van der Waals surface area contributed by atoms with Crippen molar-refractivity contribution in [1.82, 2.24) is 15.1 Å². The van der Waals surface area contributed by atoms with E-state index < -0.39 is 0 Å². The van der Waals surface area contributed by atoms with Crippen LogP contribution in [0.2, 0.25) is 0 Å². The first-order valence-electron chi connectivity index (χ1n) is 9.38. The molecule has 3 rings (SSSR count). The topological polar surface area (TPSA) is 74.3 Å². The second-order valence-electron chi connectivity index (χ2n) is 6.92. The number of morpholine rings is 1. The third-order valence-corrected chi connectivity index (χ3v) is 5.15. The smallest absolute Gasteiger partial charge is 0.317 e. The Bertz CT molecular complexity index is 604. The highest BCUT2D eigenvalue weighted by molar-refractivity contribution is 5.74. The standard InChI is InChI=1S/C19H29N3O4/c1-25-18-12-15(5-6-17(18)23)13-20-19(24)22-7-3-2-4-16(22)14-21-8-10-26-11-9-21/h5-6,12,16,23H,2-4,7-11,13-14H2,1H3,(H,20,24)/t16-/m1/s1. The number of carbonyl (C=O) groups excluding carboxylic acids is 1. The fourth-order valence-electron chi connectivity index (χ4n) is 3.65. The van der Waals surface area contributed by atoms with E-state index >= 15 is 0 Å². The Labute approximate surface area is 154 Å². The Morgan fingerprint density at radius 2 is 2.12 bits per heavy atom. The summed E-state index contributed by atoms with van der Waals surface area (Å²) in [5, 5.41) is 12.7. The summed E-state index contributed by atoms with van der Waals surface area (Å²) in [7, 11) is 1.52. The minimum Gasteiger partial charge on any atom is -0.504 e. The van der Waals surface area contributed by atoms with Gasteiger partial charge in [-0.1, -0.05) is 6.07 Å². The minimum atomic E-state index is -0.0185. The number of hydrogen-bond donors (Lipinski definition) is 2. The van der Waals surface area contributed by atoms with Gasteiger partial charge in [0.25, 0.3) is 0 Å².